The molecule has 0 heterocycles. The Labute approximate surface area is 56.1 Å². The zero-order valence-electron chi connectivity index (χ0n) is 6.43. The molecule has 9 heavy (non-hydrogen) atoms. The predicted octanol–water partition coefficient (Wildman–Crippen LogP) is 1.69. The van der Waals surface area contributed by atoms with Gasteiger partial charge < -0.3 is 10.4 Å². The number of nitrogens with one attached hydrogen (secondary N) is 1. The fourth-order valence-corrected chi connectivity index (χ4v) is 0.247. The van der Waals surface area contributed by atoms with Gasteiger partial charge >= 0.3 is 6.09 Å². The average Bonchev–Trinajstić information content (AvgIpc) is 1.68. The maximum atomic E-state index is 9.70. The molecular weight excluding hydrogens is 118 g/mol. The van der Waals surface area contributed by atoms with Crippen molar-refractivity contribution in [2.45, 2.75) is 33.7 Å². The van der Waals surface area contributed by atoms with Crippen molar-refractivity contribution in [2.24, 2.45) is 0 Å². The van der Waals surface area contributed by atoms with E-state index in [1.54, 1.807) is 13.8 Å². The van der Waals surface area contributed by atoms with Crippen LogP contribution >= 0.6 is 0 Å². The van der Waals surface area contributed by atoms with Crippen LogP contribution in [0.25, 0.3) is 0 Å². The Morgan fingerprint density at radius 3 is 1.78 bits per heavy atom. The van der Waals surface area contributed by atoms with Crippen LogP contribution in [0.3, 0.4) is 0 Å². The third kappa shape index (κ3) is 18.9. The lowest BCUT2D eigenvalue weighted by atomic mass is 10.4. The van der Waals surface area contributed by atoms with Gasteiger partial charge in [-0.3, -0.25) is 0 Å². The van der Waals surface area contributed by atoms with Crippen LogP contribution in [-0.4, -0.2) is 17.2 Å². The molecule has 0 aromatic carbocycles. The van der Waals surface area contributed by atoms with E-state index in [1.807, 2.05) is 13.8 Å². The van der Waals surface area contributed by atoms with Gasteiger partial charge in [0.1, 0.15) is 0 Å². The maximum Gasteiger partial charge on any atom is 0.404 e. The zero-order valence-corrected chi connectivity index (χ0v) is 6.43. The van der Waals surface area contributed by atoms with E-state index in [0.29, 0.717) is 0 Å². The fourth-order valence-electron chi connectivity index (χ4n) is 0.247. The molecule has 0 fully saturated rings. The molecule has 0 aromatic heterocycles. The highest BCUT2D eigenvalue weighted by Crippen LogP contribution is 1.72. The standard InChI is InChI=1S/C4H9NO2.C2H6/c1-3(2)5-4(6)7;1-2/h3,5H,1-2H3,(H,6,7);1-2H3. The maximum absolute atomic E-state index is 9.70. The van der Waals surface area contributed by atoms with E-state index < -0.39 is 6.09 Å². The molecule has 0 aliphatic carbocycles. The van der Waals surface area contributed by atoms with Gasteiger partial charge in [0.15, 0.2) is 0 Å². The van der Waals surface area contributed by atoms with Crippen LogP contribution in [0.5, 0.6) is 0 Å². The van der Waals surface area contributed by atoms with E-state index in [2.05, 4.69) is 5.32 Å². The quantitative estimate of drug-likeness (QED) is 0.571. The molecule has 0 atom stereocenters. The molecular formula is C6H15NO2. The lowest BCUT2D eigenvalue weighted by Crippen LogP contribution is -2.27. The summed E-state index contributed by atoms with van der Waals surface area (Å²) in [6.07, 6.45) is -0.963. The minimum Gasteiger partial charge on any atom is -0.465 e. The summed E-state index contributed by atoms with van der Waals surface area (Å²) >= 11 is 0. The van der Waals surface area contributed by atoms with Crippen LogP contribution in [0.1, 0.15) is 27.7 Å². The smallest absolute Gasteiger partial charge is 0.404 e. The molecule has 0 saturated carbocycles. The molecule has 0 bridgehead atoms. The summed E-state index contributed by atoms with van der Waals surface area (Å²) in [5, 5.41) is 10.2. The highest BCUT2D eigenvalue weighted by molar-refractivity contribution is 5.64. The van der Waals surface area contributed by atoms with Crippen molar-refractivity contribution >= 4 is 6.09 Å². The highest BCUT2D eigenvalue weighted by atomic mass is 16.4. The number of amides is 1. The molecule has 0 unspecified atom stereocenters. The van der Waals surface area contributed by atoms with Crippen molar-refractivity contribution in [3.8, 4) is 0 Å². The van der Waals surface area contributed by atoms with Crippen LogP contribution in [0.2, 0.25) is 0 Å². The van der Waals surface area contributed by atoms with Gasteiger partial charge in [-0.25, -0.2) is 4.79 Å². The summed E-state index contributed by atoms with van der Waals surface area (Å²) in [5.41, 5.74) is 0. The van der Waals surface area contributed by atoms with Gasteiger partial charge in [-0.05, 0) is 13.8 Å². The van der Waals surface area contributed by atoms with Gasteiger partial charge in [-0.1, -0.05) is 13.8 Å². The SMILES string of the molecule is CC.CC(C)NC(=O)O. The summed E-state index contributed by atoms with van der Waals surface area (Å²) in [4.78, 5) is 9.70. The average molecular weight is 133 g/mol. The van der Waals surface area contributed by atoms with Gasteiger partial charge in [-0.15, -0.1) is 0 Å². The van der Waals surface area contributed by atoms with E-state index in [9.17, 15) is 4.79 Å². The van der Waals surface area contributed by atoms with Crippen molar-refractivity contribution in [1.82, 2.24) is 5.32 Å². The van der Waals surface area contributed by atoms with Crippen molar-refractivity contribution in [3.05, 3.63) is 0 Å². The molecule has 0 radical (unpaired) electrons. The Morgan fingerprint density at radius 1 is 1.44 bits per heavy atom. The van der Waals surface area contributed by atoms with Gasteiger partial charge in [0, 0.05) is 6.04 Å². The number of hydrogen-bond acceptors (Lipinski definition) is 1. The molecule has 56 valence electrons. The molecule has 2 N–H and O–H groups in total. The second kappa shape index (κ2) is 7.27. The molecule has 3 nitrogen and oxygen atoms in total. The van der Waals surface area contributed by atoms with Crippen LogP contribution in [0.15, 0.2) is 0 Å². The van der Waals surface area contributed by atoms with E-state index in [0.717, 1.165) is 0 Å². The molecule has 0 aliphatic heterocycles. The van der Waals surface area contributed by atoms with E-state index in [1.165, 1.54) is 0 Å². The fraction of sp³-hybridized carbons (Fsp3) is 0.833. The Bertz CT molecular complexity index is 71.5. The molecule has 0 rings (SSSR count). The Balaban J connectivity index is 0. The van der Waals surface area contributed by atoms with Crippen molar-refractivity contribution in [2.75, 3.05) is 0 Å². The molecule has 1 amide bonds. The summed E-state index contributed by atoms with van der Waals surface area (Å²) in [7, 11) is 0. The lowest BCUT2D eigenvalue weighted by Gasteiger charge is -2.00. The van der Waals surface area contributed by atoms with Crippen LogP contribution in [0.4, 0.5) is 4.79 Å². The normalized spacial score (nSPS) is 7.67. The Hall–Kier alpha value is -0.730. The third-order valence-electron chi connectivity index (χ3n) is 0.412. The number of carbonyl (C=O) groups is 1. The van der Waals surface area contributed by atoms with Crippen molar-refractivity contribution < 1.29 is 9.90 Å². The van der Waals surface area contributed by atoms with E-state index in [4.69, 9.17) is 5.11 Å². The van der Waals surface area contributed by atoms with Gasteiger partial charge in [0.2, 0.25) is 0 Å². The molecule has 0 aromatic rings. The first-order valence-corrected chi connectivity index (χ1v) is 3.12. The first kappa shape index (κ1) is 11.1. The van der Waals surface area contributed by atoms with Gasteiger partial charge in [0.25, 0.3) is 0 Å². The largest absolute Gasteiger partial charge is 0.465 e. The highest BCUT2D eigenvalue weighted by Gasteiger charge is 1.94. The molecule has 0 aliphatic rings. The second-order valence-electron chi connectivity index (χ2n) is 1.60. The second-order valence-corrected chi connectivity index (χ2v) is 1.60. The number of rotatable bonds is 1. The topological polar surface area (TPSA) is 49.3 Å². The minimum atomic E-state index is -0.963. The number of hydrogen-bond donors (Lipinski definition) is 2. The first-order chi connectivity index (χ1) is 4.13. The first-order valence-electron chi connectivity index (χ1n) is 3.12. The summed E-state index contributed by atoms with van der Waals surface area (Å²) in [6.45, 7) is 7.54. The zero-order chi connectivity index (χ0) is 7.86. The van der Waals surface area contributed by atoms with Gasteiger partial charge in [0.05, 0.1) is 0 Å². The van der Waals surface area contributed by atoms with Gasteiger partial charge in [-0.2, -0.15) is 0 Å². The monoisotopic (exact) mass is 133 g/mol. The predicted molar refractivity (Wildman–Crippen MR) is 37.6 cm³/mol. The van der Waals surface area contributed by atoms with Crippen molar-refractivity contribution in [1.29, 1.82) is 0 Å². The lowest BCUT2D eigenvalue weighted by molar-refractivity contribution is 0.191. The molecule has 0 spiro atoms. The Kier molecular flexibility index (Phi) is 8.98. The van der Waals surface area contributed by atoms with E-state index in [-0.39, 0.29) is 6.04 Å². The molecule has 0 saturated heterocycles. The van der Waals surface area contributed by atoms with Crippen molar-refractivity contribution in [3.63, 3.8) is 0 Å². The summed E-state index contributed by atoms with van der Waals surface area (Å²) in [6, 6.07) is 0.0255. The summed E-state index contributed by atoms with van der Waals surface area (Å²) in [5.74, 6) is 0. The van der Waals surface area contributed by atoms with Crippen LogP contribution < -0.4 is 5.32 Å². The Morgan fingerprint density at radius 2 is 1.78 bits per heavy atom. The molecule has 3 heteroatoms. The third-order valence-corrected chi connectivity index (χ3v) is 0.412. The van der Waals surface area contributed by atoms with Crippen LogP contribution in [-0.2, 0) is 0 Å². The minimum absolute atomic E-state index is 0.0255. The van der Waals surface area contributed by atoms with Crippen LogP contribution in [0, 0.1) is 0 Å². The summed E-state index contributed by atoms with van der Waals surface area (Å²) < 4.78 is 0. The number of carboxylic acid groups (broad SMARTS) is 1. The van der Waals surface area contributed by atoms with E-state index >= 15 is 0 Å².